The third-order valence-corrected chi connectivity index (χ3v) is 7.19. The molecule has 0 bridgehead atoms. The van der Waals surface area contributed by atoms with Crippen molar-refractivity contribution in [1.82, 2.24) is 20.2 Å². The van der Waals surface area contributed by atoms with Crippen LogP contribution in [-0.2, 0) is 13.0 Å². The van der Waals surface area contributed by atoms with Crippen LogP contribution in [0.1, 0.15) is 26.6 Å². The molecule has 0 spiro atoms. The average molecular weight is 301 g/mol. The van der Waals surface area contributed by atoms with E-state index in [-0.39, 0.29) is 6.04 Å². The molecule has 0 radical (unpaired) electrons. The first-order valence-corrected chi connectivity index (χ1v) is 8.74. The summed E-state index contributed by atoms with van der Waals surface area (Å²) in [6, 6.07) is 0.252. The van der Waals surface area contributed by atoms with Crippen molar-refractivity contribution < 1.29 is 0 Å². The normalized spacial score (nSPS) is 29.4. The topological polar surface area (TPSA) is 68.8 Å². The number of aromatic nitrogens is 3. The Kier molecular flexibility index (Phi) is 5.56. The summed E-state index contributed by atoms with van der Waals surface area (Å²) in [4.78, 5) is 4.34. The largest absolute Gasteiger partial charge is 0.271 e. The van der Waals surface area contributed by atoms with E-state index in [4.69, 9.17) is 5.84 Å². The minimum Gasteiger partial charge on any atom is -0.271 e. The van der Waals surface area contributed by atoms with E-state index in [1.165, 1.54) is 0 Å². The van der Waals surface area contributed by atoms with Gasteiger partial charge in [0.25, 0.3) is 0 Å². The number of rotatable bonds is 5. The van der Waals surface area contributed by atoms with Crippen molar-refractivity contribution in [3.63, 3.8) is 0 Å². The summed E-state index contributed by atoms with van der Waals surface area (Å²) in [7, 11) is 0. The number of hydrazine groups is 1. The van der Waals surface area contributed by atoms with E-state index < -0.39 is 0 Å². The lowest BCUT2D eigenvalue weighted by molar-refractivity contribution is 0.489. The number of nitrogens with zero attached hydrogens (tertiary/aromatic N) is 3. The Morgan fingerprint density at radius 1 is 1.53 bits per heavy atom. The Bertz CT molecular complexity index is 397. The molecule has 108 valence electrons. The van der Waals surface area contributed by atoms with Gasteiger partial charge in [0.2, 0.25) is 0 Å². The molecule has 1 aliphatic rings. The van der Waals surface area contributed by atoms with Gasteiger partial charge in [-0.15, -0.1) is 0 Å². The number of nitrogens with one attached hydrogen (secondary N) is 1. The van der Waals surface area contributed by atoms with Gasteiger partial charge in [-0.3, -0.25) is 16.0 Å². The van der Waals surface area contributed by atoms with E-state index in [1.807, 2.05) is 28.2 Å². The van der Waals surface area contributed by atoms with E-state index in [1.54, 1.807) is 6.33 Å². The van der Waals surface area contributed by atoms with Crippen molar-refractivity contribution in [2.45, 2.75) is 55.5 Å². The van der Waals surface area contributed by atoms with Crippen molar-refractivity contribution in [3.05, 3.63) is 12.2 Å². The quantitative estimate of drug-likeness (QED) is 0.631. The first kappa shape index (κ1) is 15.2. The molecule has 19 heavy (non-hydrogen) atoms. The van der Waals surface area contributed by atoms with Crippen molar-refractivity contribution in [1.29, 1.82) is 0 Å². The van der Waals surface area contributed by atoms with Gasteiger partial charge in [0, 0.05) is 40.5 Å². The highest BCUT2D eigenvalue weighted by molar-refractivity contribution is 8.07. The summed E-state index contributed by atoms with van der Waals surface area (Å²) in [5.41, 5.74) is 2.98. The molecule has 1 aliphatic heterocycles. The number of hydrogen-bond acceptors (Lipinski definition) is 6. The second kappa shape index (κ2) is 6.97. The highest BCUT2D eigenvalue weighted by Gasteiger charge is 2.31. The fraction of sp³-hybridized carbons (Fsp3) is 0.833. The smallest absolute Gasteiger partial charge is 0.138 e. The van der Waals surface area contributed by atoms with Crippen LogP contribution in [-0.4, -0.2) is 42.3 Å². The molecule has 7 heteroatoms. The molecule has 1 fully saturated rings. The third kappa shape index (κ3) is 3.65. The van der Waals surface area contributed by atoms with Gasteiger partial charge in [-0.05, 0) is 6.92 Å². The molecule has 2 rings (SSSR count). The molecule has 1 saturated heterocycles. The van der Waals surface area contributed by atoms with Gasteiger partial charge < -0.3 is 0 Å². The van der Waals surface area contributed by atoms with Crippen molar-refractivity contribution in [2.75, 3.05) is 5.75 Å². The number of nitrogens with two attached hydrogens (primary N) is 1. The molecular formula is C12H23N5S2. The van der Waals surface area contributed by atoms with Gasteiger partial charge in [-0.2, -0.15) is 28.6 Å². The molecule has 1 aromatic rings. The van der Waals surface area contributed by atoms with Crippen molar-refractivity contribution in [2.24, 2.45) is 5.84 Å². The van der Waals surface area contributed by atoms with Crippen LogP contribution in [0.2, 0.25) is 0 Å². The Balaban J connectivity index is 2.00. The lowest BCUT2D eigenvalue weighted by atomic mass is 10.1. The first-order valence-electron chi connectivity index (χ1n) is 6.75. The SMILES string of the molecule is CCn1ncnc1CC(NN)C1CSC(C)C(C)S1. The molecule has 3 N–H and O–H groups in total. The Morgan fingerprint density at radius 2 is 2.32 bits per heavy atom. The van der Waals surface area contributed by atoms with Gasteiger partial charge in [-0.25, -0.2) is 4.98 Å². The summed E-state index contributed by atoms with van der Waals surface area (Å²) in [5, 5.41) is 6.14. The lowest BCUT2D eigenvalue weighted by Crippen LogP contribution is -2.48. The zero-order valence-corrected chi connectivity index (χ0v) is 13.4. The van der Waals surface area contributed by atoms with E-state index >= 15 is 0 Å². The predicted octanol–water partition coefficient (Wildman–Crippen LogP) is 1.30. The summed E-state index contributed by atoms with van der Waals surface area (Å²) in [6.07, 6.45) is 2.46. The molecule has 0 aliphatic carbocycles. The molecule has 0 saturated carbocycles. The van der Waals surface area contributed by atoms with Gasteiger partial charge in [0.1, 0.15) is 12.2 Å². The van der Waals surface area contributed by atoms with Gasteiger partial charge >= 0.3 is 0 Å². The highest BCUT2D eigenvalue weighted by Crippen LogP contribution is 2.37. The standard InChI is InChI=1S/C12H23N5S2/c1-4-17-12(14-7-15-17)5-10(16-13)11-6-18-8(2)9(3)19-11/h7-11,16H,4-6,13H2,1-3H3. The molecule has 4 unspecified atom stereocenters. The summed E-state index contributed by atoms with van der Waals surface area (Å²) in [5.74, 6) is 7.92. The maximum absolute atomic E-state index is 5.76. The number of aryl methyl sites for hydroxylation is 1. The molecule has 1 aromatic heterocycles. The zero-order valence-electron chi connectivity index (χ0n) is 11.7. The van der Waals surface area contributed by atoms with Crippen molar-refractivity contribution >= 4 is 23.5 Å². The van der Waals surface area contributed by atoms with Crippen LogP contribution >= 0.6 is 23.5 Å². The molecule has 2 heterocycles. The van der Waals surface area contributed by atoms with Crippen LogP contribution in [0.5, 0.6) is 0 Å². The molecule has 5 nitrogen and oxygen atoms in total. The Hall–Kier alpha value is -0.240. The number of thioether (sulfide) groups is 2. The lowest BCUT2D eigenvalue weighted by Gasteiger charge is -2.35. The minimum atomic E-state index is 0.252. The molecule has 4 atom stereocenters. The maximum atomic E-state index is 5.76. The first-order chi connectivity index (χ1) is 9.15. The maximum Gasteiger partial charge on any atom is 0.138 e. The van der Waals surface area contributed by atoms with Crippen LogP contribution in [0.4, 0.5) is 0 Å². The number of hydrogen-bond donors (Lipinski definition) is 2. The van der Waals surface area contributed by atoms with E-state index in [2.05, 4.69) is 36.3 Å². The summed E-state index contributed by atoms with van der Waals surface area (Å²) >= 11 is 4.08. The third-order valence-electron chi connectivity index (χ3n) is 3.63. The van der Waals surface area contributed by atoms with Crippen molar-refractivity contribution in [3.8, 4) is 0 Å². The molecule has 0 amide bonds. The van der Waals surface area contributed by atoms with Gasteiger partial charge in [0.05, 0.1) is 0 Å². The highest BCUT2D eigenvalue weighted by atomic mass is 32.2. The minimum absolute atomic E-state index is 0.252. The monoisotopic (exact) mass is 301 g/mol. The van der Waals surface area contributed by atoms with E-state index in [0.29, 0.717) is 10.5 Å². The van der Waals surface area contributed by atoms with Crippen LogP contribution in [0.25, 0.3) is 0 Å². The zero-order chi connectivity index (χ0) is 13.8. The van der Waals surface area contributed by atoms with Crippen LogP contribution in [0.15, 0.2) is 6.33 Å². The van der Waals surface area contributed by atoms with E-state index in [9.17, 15) is 0 Å². The van der Waals surface area contributed by atoms with Crippen LogP contribution in [0.3, 0.4) is 0 Å². The second-order valence-corrected chi connectivity index (χ2v) is 7.92. The molecular weight excluding hydrogens is 278 g/mol. The fourth-order valence-corrected chi connectivity index (χ4v) is 5.34. The van der Waals surface area contributed by atoms with Gasteiger partial charge in [0.15, 0.2) is 0 Å². The average Bonchev–Trinajstić information content (AvgIpc) is 2.86. The van der Waals surface area contributed by atoms with Crippen LogP contribution in [0, 0.1) is 0 Å². The fourth-order valence-electron chi connectivity index (χ4n) is 2.22. The molecule has 0 aromatic carbocycles. The van der Waals surface area contributed by atoms with Crippen LogP contribution < -0.4 is 11.3 Å². The summed E-state index contributed by atoms with van der Waals surface area (Å²) in [6.45, 7) is 7.54. The van der Waals surface area contributed by atoms with Gasteiger partial charge in [-0.1, -0.05) is 13.8 Å². The second-order valence-electron chi connectivity index (χ2n) is 4.89. The Morgan fingerprint density at radius 3 is 2.95 bits per heavy atom. The Labute approximate surface area is 123 Å². The predicted molar refractivity (Wildman–Crippen MR) is 83.3 cm³/mol. The summed E-state index contributed by atoms with van der Waals surface area (Å²) < 4.78 is 1.94. The van der Waals surface area contributed by atoms with E-state index in [0.717, 1.165) is 29.8 Å².